The summed E-state index contributed by atoms with van der Waals surface area (Å²) in [6.45, 7) is 3.45. The molecule has 2 aromatic heterocycles. The highest BCUT2D eigenvalue weighted by molar-refractivity contribution is 5.77. The summed E-state index contributed by atoms with van der Waals surface area (Å²) in [5.41, 5.74) is 2.77. The summed E-state index contributed by atoms with van der Waals surface area (Å²) >= 11 is 0. The number of fused-ring (bicyclic) bond motifs is 1. The third-order valence-electron chi connectivity index (χ3n) is 3.78. The molecule has 23 heavy (non-hydrogen) atoms. The van der Waals surface area contributed by atoms with Gasteiger partial charge in [0.2, 0.25) is 0 Å². The number of H-pyrrole nitrogens is 1. The second kappa shape index (κ2) is 6.71. The van der Waals surface area contributed by atoms with Gasteiger partial charge in [-0.1, -0.05) is 18.2 Å². The van der Waals surface area contributed by atoms with Crippen LogP contribution in [0.4, 0.5) is 0 Å². The molecule has 0 bridgehead atoms. The molecule has 2 heterocycles. The van der Waals surface area contributed by atoms with Crippen LogP contribution < -0.4 is 5.56 Å². The Balaban J connectivity index is 1.68. The van der Waals surface area contributed by atoms with E-state index in [0.717, 1.165) is 29.9 Å². The van der Waals surface area contributed by atoms with Crippen molar-refractivity contribution in [1.29, 1.82) is 0 Å². The fourth-order valence-corrected chi connectivity index (χ4v) is 2.59. The number of nitrogens with zero attached hydrogens (tertiary/aromatic N) is 3. The molecule has 0 saturated heterocycles. The van der Waals surface area contributed by atoms with E-state index in [1.807, 2.05) is 50.4 Å². The number of nitrogens with one attached hydrogen (secondary N) is 1. The molecular formula is C18H20N4O. The number of hydrogen-bond acceptors (Lipinski definition) is 4. The van der Waals surface area contributed by atoms with E-state index < -0.39 is 0 Å². The molecular weight excluding hydrogens is 288 g/mol. The van der Waals surface area contributed by atoms with Gasteiger partial charge in [0.25, 0.3) is 5.56 Å². The minimum absolute atomic E-state index is 0.0839. The van der Waals surface area contributed by atoms with Crippen molar-refractivity contribution >= 4 is 10.9 Å². The first-order valence-electron chi connectivity index (χ1n) is 7.71. The Morgan fingerprint density at radius 1 is 1.09 bits per heavy atom. The lowest BCUT2D eigenvalue weighted by Gasteiger charge is -2.16. The molecule has 0 aliphatic heterocycles. The zero-order valence-corrected chi connectivity index (χ0v) is 13.4. The van der Waals surface area contributed by atoms with Gasteiger partial charge in [0, 0.05) is 24.4 Å². The van der Waals surface area contributed by atoms with E-state index in [2.05, 4.69) is 19.9 Å². The molecule has 5 nitrogen and oxygen atoms in total. The van der Waals surface area contributed by atoms with Gasteiger partial charge in [-0.3, -0.25) is 14.7 Å². The summed E-state index contributed by atoms with van der Waals surface area (Å²) < 4.78 is 0. The van der Waals surface area contributed by atoms with Crippen molar-refractivity contribution in [3.63, 3.8) is 0 Å². The van der Waals surface area contributed by atoms with E-state index in [9.17, 15) is 4.79 Å². The Kier molecular flexibility index (Phi) is 4.48. The maximum Gasteiger partial charge on any atom is 0.258 e. The highest BCUT2D eigenvalue weighted by atomic mass is 16.1. The predicted molar refractivity (Wildman–Crippen MR) is 91.4 cm³/mol. The molecule has 118 valence electrons. The zero-order chi connectivity index (χ0) is 16.2. The van der Waals surface area contributed by atoms with E-state index in [1.54, 1.807) is 6.07 Å². The first-order valence-corrected chi connectivity index (χ1v) is 7.71. The van der Waals surface area contributed by atoms with Crippen LogP contribution in [0.1, 0.15) is 17.2 Å². The summed E-state index contributed by atoms with van der Waals surface area (Å²) in [5, 5.41) is 0.628. The Morgan fingerprint density at radius 2 is 1.91 bits per heavy atom. The monoisotopic (exact) mass is 308 g/mol. The van der Waals surface area contributed by atoms with Gasteiger partial charge in [-0.2, -0.15) is 0 Å². The molecule has 0 radical (unpaired) electrons. The van der Waals surface area contributed by atoms with Crippen LogP contribution in [0.5, 0.6) is 0 Å². The van der Waals surface area contributed by atoms with E-state index in [4.69, 9.17) is 0 Å². The lowest BCUT2D eigenvalue weighted by molar-refractivity contribution is 0.321. The van der Waals surface area contributed by atoms with Crippen LogP contribution in [0, 0.1) is 6.92 Å². The molecule has 0 atom stereocenters. The maximum absolute atomic E-state index is 12.1. The summed E-state index contributed by atoms with van der Waals surface area (Å²) in [6, 6.07) is 13.5. The van der Waals surface area contributed by atoms with Gasteiger partial charge in [0.1, 0.15) is 5.82 Å². The topological polar surface area (TPSA) is 61.9 Å². The summed E-state index contributed by atoms with van der Waals surface area (Å²) in [6.07, 6.45) is 0.871. The summed E-state index contributed by atoms with van der Waals surface area (Å²) in [7, 11) is 2.02. The lowest BCUT2D eigenvalue weighted by Crippen LogP contribution is -2.24. The van der Waals surface area contributed by atoms with Crippen LogP contribution in [0.2, 0.25) is 0 Å². The fraction of sp³-hybridized carbons (Fsp3) is 0.278. The van der Waals surface area contributed by atoms with Crippen LogP contribution in [0.3, 0.4) is 0 Å². The van der Waals surface area contributed by atoms with Gasteiger partial charge in [0.05, 0.1) is 17.4 Å². The molecule has 0 amide bonds. The van der Waals surface area contributed by atoms with Gasteiger partial charge < -0.3 is 4.98 Å². The number of rotatable bonds is 5. The van der Waals surface area contributed by atoms with Crippen LogP contribution in [-0.2, 0) is 13.0 Å². The second-order valence-electron chi connectivity index (χ2n) is 5.79. The van der Waals surface area contributed by atoms with Gasteiger partial charge in [0.15, 0.2) is 0 Å². The Morgan fingerprint density at radius 3 is 2.74 bits per heavy atom. The first-order chi connectivity index (χ1) is 11.1. The lowest BCUT2D eigenvalue weighted by atomic mass is 10.2. The number of para-hydroxylation sites is 1. The normalized spacial score (nSPS) is 11.3. The zero-order valence-electron chi connectivity index (χ0n) is 13.4. The number of hydrogen-bond donors (Lipinski definition) is 1. The Bertz CT molecular complexity index is 872. The summed E-state index contributed by atoms with van der Waals surface area (Å²) in [4.78, 5) is 26.1. The second-order valence-corrected chi connectivity index (χ2v) is 5.79. The molecule has 1 aromatic carbocycles. The smallest absolute Gasteiger partial charge is 0.258 e. The first kappa shape index (κ1) is 15.4. The average Bonchev–Trinajstić information content (AvgIpc) is 2.53. The number of aromatic amines is 1. The number of pyridine rings is 1. The minimum atomic E-state index is -0.0839. The molecule has 0 fully saturated rings. The standard InChI is InChI=1S/C18H20N4O/c1-13-6-5-7-14(19-13)10-11-22(2)12-17-20-16-9-4-3-8-15(16)18(23)21-17/h3-9H,10-12H2,1-2H3,(H,20,21,23). The van der Waals surface area contributed by atoms with Gasteiger partial charge in [-0.15, -0.1) is 0 Å². The molecule has 5 heteroatoms. The highest BCUT2D eigenvalue weighted by Crippen LogP contribution is 2.07. The molecule has 3 rings (SSSR count). The van der Waals surface area contributed by atoms with Crippen molar-refractivity contribution in [1.82, 2.24) is 19.9 Å². The molecule has 0 spiro atoms. The number of aromatic nitrogens is 3. The fourth-order valence-electron chi connectivity index (χ4n) is 2.59. The Labute approximate surface area is 135 Å². The van der Waals surface area contributed by atoms with Gasteiger partial charge in [-0.05, 0) is 38.2 Å². The van der Waals surface area contributed by atoms with Crippen LogP contribution >= 0.6 is 0 Å². The SMILES string of the molecule is Cc1cccc(CCN(C)Cc2nc3ccccc3c(=O)[nH]2)n1. The van der Waals surface area contributed by atoms with Crippen molar-refractivity contribution in [3.8, 4) is 0 Å². The Hall–Kier alpha value is -2.53. The van der Waals surface area contributed by atoms with E-state index in [0.29, 0.717) is 17.8 Å². The van der Waals surface area contributed by atoms with Crippen LogP contribution in [0.15, 0.2) is 47.3 Å². The predicted octanol–water partition coefficient (Wildman–Crippen LogP) is 2.30. The molecule has 0 unspecified atom stereocenters. The minimum Gasteiger partial charge on any atom is -0.309 e. The van der Waals surface area contributed by atoms with Gasteiger partial charge in [-0.25, -0.2) is 4.98 Å². The molecule has 0 saturated carbocycles. The maximum atomic E-state index is 12.1. The third kappa shape index (κ3) is 3.81. The van der Waals surface area contributed by atoms with Crippen molar-refractivity contribution in [2.24, 2.45) is 0 Å². The van der Waals surface area contributed by atoms with Crippen molar-refractivity contribution in [2.75, 3.05) is 13.6 Å². The number of benzene rings is 1. The number of aryl methyl sites for hydroxylation is 1. The molecule has 0 aliphatic rings. The molecule has 1 N–H and O–H groups in total. The van der Waals surface area contributed by atoms with Crippen LogP contribution in [0.25, 0.3) is 10.9 Å². The van der Waals surface area contributed by atoms with E-state index >= 15 is 0 Å². The van der Waals surface area contributed by atoms with E-state index in [1.165, 1.54) is 0 Å². The van der Waals surface area contributed by atoms with Gasteiger partial charge >= 0.3 is 0 Å². The quantitative estimate of drug-likeness (QED) is 0.785. The van der Waals surface area contributed by atoms with Crippen molar-refractivity contribution in [3.05, 3.63) is 70.0 Å². The molecule has 0 aliphatic carbocycles. The van der Waals surface area contributed by atoms with Crippen molar-refractivity contribution < 1.29 is 0 Å². The number of likely N-dealkylation sites (N-methyl/N-ethyl adjacent to an activating group) is 1. The third-order valence-corrected chi connectivity index (χ3v) is 3.78. The summed E-state index contributed by atoms with van der Waals surface area (Å²) in [5.74, 6) is 0.688. The highest BCUT2D eigenvalue weighted by Gasteiger charge is 2.07. The largest absolute Gasteiger partial charge is 0.309 e. The average molecular weight is 308 g/mol. The van der Waals surface area contributed by atoms with Crippen molar-refractivity contribution in [2.45, 2.75) is 19.9 Å². The van der Waals surface area contributed by atoms with Crippen LogP contribution in [-0.4, -0.2) is 33.4 Å². The molecule has 3 aromatic rings. The van der Waals surface area contributed by atoms with E-state index in [-0.39, 0.29) is 5.56 Å².